The van der Waals surface area contributed by atoms with Crippen LogP contribution in [0.15, 0.2) is 24.7 Å². The van der Waals surface area contributed by atoms with Gasteiger partial charge in [0, 0.05) is 35.9 Å². The van der Waals surface area contributed by atoms with Crippen molar-refractivity contribution in [3.05, 3.63) is 35.9 Å². The van der Waals surface area contributed by atoms with Gasteiger partial charge in [-0.25, -0.2) is 18.4 Å². The normalized spacial score (nSPS) is 15.7. The summed E-state index contributed by atoms with van der Waals surface area (Å²) < 4.78 is 28.8. The van der Waals surface area contributed by atoms with E-state index in [1.54, 1.807) is 6.20 Å². The first-order chi connectivity index (χ1) is 17.7. The lowest BCUT2D eigenvalue weighted by Crippen LogP contribution is -2.35. The van der Waals surface area contributed by atoms with Crippen molar-refractivity contribution in [3.8, 4) is 5.75 Å². The van der Waals surface area contributed by atoms with Crippen LogP contribution < -0.4 is 15.4 Å². The van der Waals surface area contributed by atoms with Gasteiger partial charge in [0.05, 0.1) is 34.6 Å². The number of hydrogen-bond donors (Lipinski definition) is 4. The lowest BCUT2D eigenvalue weighted by molar-refractivity contribution is -0.125. The van der Waals surface area contributed by atoms with E-state index in [1.165, 1.54) is 12.6 Å². The molecule has 4 N–H and O–H groups in total. The molecule has 12 heteroatoms. The molecule has 37 heavy (non-hydrogen) atoms. The zero-order valence-electron chi connectivity index (χ0n) is 21.1. The highest BCUT2D eigenvalue weighted by atomic mass is 32.2. The molecule has 1 atom stereocenters. The molecule has 1 aliphatic rings. The summed E-state index contributed by atoms with van der Waals surface area (Å²) in [5, 5.41) is 15.2. The third kappa shape index (κ3) is 5.53. The molecule has 0 fully saturated rings. The second-order valence-corrected chi connectivity index (χ2v) is 12.1. The minimum atomic E-state index is -3.04. The summed E-state index contributed by atoms with van der Waals surface area (Å²) >= 11 is 0. The van der Waals surface area contributed by atoms with Crippen molar-refractivity contribution in [3.63, 3.8) is 0 Å². The van der Waals surface area contributed by atoms with E-state index in [-0.39, 0.29) is 23.7 Å². The van der Waals surface area contributed by atoms with Gasteiger partial charge in [-0.1, -0.05) is 0 Å². The number of benzene rings is 1. The van der Waals surface area contributed by atoms with Crippen LogP contribution in [0.2, 0.25) is 0 Å². The van der Waals surface area contributed by atoms with Crippen molar-refractivity contribution in [2.24, 2.45) is 5.92 Å². The molecule has 196 valence electrons. The Hall–Kier alpha value is -3.67. The Bertz CT molecular complexity index is 1560. The Morgan fingerprint density at radius 1 is 1.27 bits per heavy atom. The molecule has 3 heterocycles. The second-order valence-electron chi connectivity index (χ2n) is 9.84. The van der Waals surface area contributed by atoms with Crippen molar-refractivity contribution in [1.29, 1.82) is 0 Å². The van der Waals surface area contributed by atoms with Crippen LogP contribution >= 0.6 is 0 Å². The minimum absolute atomic E-state index is 0.0249. The maximum atomic E-state index is 12.9. The predicted molar refractivity (Wildman–Crippen MR) is 142 cm³/mol. The standard InChI is InChI=1S/C25H31N7O4S/c1-14(2)36-21-11-19-16(12-29-32-19)10-20(21)31-24-22-17-9-15(25(33)26-7-4-8-37(3,34)35)5-6-18(17)30-23(22)27-13-28-24/h10-15H,4-9H2,1-3H3,(H,26,33)(H,29,32)(H2,27,28,30,31)/t15-/m0/s1. The van der Waals surface area contributed by atoms with Crippen LogP contribution in [0, 0.1) is 5.92 Å². The maximum absolute atomic E-state index is 12.9. The van der Waals surface area contributed by atoms with Crippen molar-refractivity contribution in [2.45, 2.75) is 45.6 Å². The highest BCUT2D eigenvalue weighted by molar-refractivity contribution is 7.90. The SMILES string of the molecule is CC(C)Oc1cc2[nH]ncc2cc1Nc1ncnc2[nH]c3c(c12)C[C@@H](C(=O)NCCCS(C)(=O)=O)CC3. The number of H-pyrrole nitrogens is 2. The molecule has 5 rings (SSSR count). The van der Waals surface area contributed by atoms with Crippen molar-refractivity contribution in [1.82, 2.24) is 30.5 Å². The summed E-state index contributed by atoms with van der Waals surface area (Å²) in [6.45, 7) is 4.28. The first-order valence-corrected chi connectivity index (χ1v) is 14.4. The summed E-state index contributed by atoms with van der Waals surface area (Å²) in [6.07, 6.45) is 6.82. The Labute approximate surface area is 214 Å². The van der Waals surface area contributed by atoms with Crippen LogP contribution in [-0.2, 0) is 27.5 Å². The topological polar surface area (TPSA) is 155 Å². The molecule has 11 nitrogen and oxygen atoms in total. The first kappa shape index (κ1) is 25.0. The summed E-state index contributed by atoms with van der Waals surface area (Å²) in [6, 6.07) is 3.89. The van der Waals surface area contributed by atoms with Crippen LogP contribution in [0.5, 0.6) is 5.75 Å². The van der Waals surface area contributed by atoms with E-state index >= 15 is 0 Å². The van der Waals surface area contributed by atoms with Gasteiger partial charge in [-0.15, -0.1) is 0 Å². The number of nitrogens with one attached hydrogen (secondary N) is 4. The Balaban J connectivity index is 1.41. The number of carbonyl (C=O) groups excluding carboxylic acids is 1. The zero-order valence-corrected chi connectivity index (χ0v) is 21.9. The second kappa shape index (κ2) is 10.0. The van der Waals surface area contributed by atoms with Gasteiger partial charge in [-0.05, 0) is 51.2 Å². The van der Waals surface area contributed by atoms with Gasteiger partial charge in [0.1, 0.15) is 33.4 Å². The largest absolute Gasteiger partial charge is 0.489 e. The average molecular weight is 526 g/mol. The fraction of sp³-hybridized carbons (Fsp3) is 0.440. The van der Waals surface area contributed by atoms with Gasteiger partial charge in [0.15, 0.2) is 0 Å². The van der Waals surface area contributed by atoms with Crippen LogP contribution in [0.25, 0.3) is 21.9 Å². The first-order valence-electron chi connectivity index (χ1n) is 12.4. The number of anilines is 2. The van der Waals surface area contributed by atoms with Crippen LogP contribution in [0.3, 0.4) is 0 Å². The molecule has 3 aromatic heterocycles. The molecular formula is C25H31N7O4S. The molecular weight excluding hydrogens is 494 g/mol. The highest BCUT2D eigenvalue weighted by Gasteiger charge is 2.29. The van der Waals surface area contributed by atoms with Crippen LogP contribution in [0.1, 0.15) is 37.9 Å². The van der Waals surface area contributed by atoms with Gasteiger partial charge in [0.2, 0.25) is 5.91 Å². The number of fused-ring (bicyclic) bond motifs is 4. The average Bonchev–Trinajstić information content (AvgIpc) is 3.44. The van der Waals surface area contributed by atoms with E-state index in [0.717, 1.165) is 39.7 Å². The fourth-order valence-corrected chi connectivity index (χ4v) is 5.47. The van der Waals surface area contributed by atoms with E-state index in [1.807, 2.05) is 26.0 Å². The number of rotatable bonds is 9. The Morgan fingerprint density at radius 2 is 2.11 bits per heavy atom. The van der Waals surface area contributed by atoms with E-state index in [2.05, 4.69) is 35.8 Å². The molecule has 0 bridgehead atoms. The van der Waals surface area contributed by atoms with Gasteiger partial charge in [-0.2, -0.15) is 5.10 Å². The molecule has 4 aromatic rings. The molecule has 0 radical (unpaired) electrons. The summed E-state index contributed by atoms with van der Waals surface area (Å²) in [7, 11) is -3.04. The summed E-state index contributed by atoms with van der Waals surface area (Å²) in [5.74, 6) is 1.10. The number of hydrogen-bond acceptors (Lipinski definition) is 8. The Kier molecular flexibility index (Phi) is 6.76. The fourth-order valence-electron chi connectivity index (χ4n) is 4.80. The molecule has 1 aromatic carbocycles. The van der Waals surface area contributed by atoms with Crippen molar-refractivity contribution < 1.29 is 17.9 Å². The number of nitrogens with zero attached hydrogens (tertiary/aromatic N) is 3. The summed E-state index contributed by atoms with van der Waals surface area (Å²) in [5.41, 5.74) is 4.43. The van der Waals surface area contributed by atoms with Gasteiger partial charge in [-0.3, -0.25) is 9.89 Å². The number of aromatic amines is 2. The van der Waals surface area contributed by atoms with Crippen LogP contribution in [-0.4, -0.2) is 64.1 Å². The number of carbonyl (C=O) groups is 1. The Morgan fingerprint density at radius 3 is 2.89 bits per heavy atom. The molecule has 1 aliphatic carbocycles. The van der Waals surface area contributed by atoms with Gasteiger partial charge < -0.3 is 20.4 Å². The van der Waals surface area contributed by atoms with Crippen molar-refractivity contribution >= 4 is 49.2 Å². The summed E-state index contributed by atoms with van der Waals surface area (Å²) in [4.78, 5) is 25.3. The third-order valence-corrected chi connectivity index (χ3v) is 7.52. The zero-order chi connectivity index (χ0) is 26.2. The number of aryl methyl sites for hydroxylation is 1. The van der Waals surface area contributed by atoms with Gasteiger partial charge in [0.25, 0.3) is 0 Å². The number of sulfone groups is 1. The predicted octanol–water partition coefficient (Wildman–Crippen LogP) is 3.02. The maximum Gasteiger partial charge on any atom is 0.223 e. The van der Waals surface area contributed by atoms with E-state index in [0.29, 0.717) is 43.0 Å². The molecule has 0 unspecified atom stereocenters. The lowest BCUT2D eigenvalue weighted by Gasteiger charge is -2.22. The number of amides is 1. The molecule has 0 spiro atoms. The van der Waals surface area contributed by atoms with Gasteiger partial charge >= 0.3 is 0 Å². The molecule has 0 saturated carbocycles. The minimum Gasteiger partial charge on any atom is -0.489 e. The quantitative estimate of drug-likeness (QED) is 0.243. The number of ether oxygens (including phenoxy) is 1. The molecule has 0 saturated heterocycles. The molecule has 1 amide bonds. The van der Waals surface area contributed by atoms with Crippen LogP contribution in [0.4, 0.5) is 11.5 Å². The van der Waals surface area contributed by atoms with E-state index in [4.69, 9.17) is 4.74 Å². The van der Waals surface area contributed by atoms with Crippen molar-refractivity contribution in [2.75, 3.05) is 23.9 Å². The van der Waals surface area contributed by atoms with E-state index in [9.17, 15) is 13.2 Å². The lowest BCUT2D eigenvalue weighted by atomic mass is 9.86. The molecule has 0 aliphatic heterocycles. The highest BCUT2D eigenvalue weighted by Crippen LogP contribution is 2.38. The smallest absolute Gasteiger partial charge is 0.223 e. The van der Waals surface area contributed by atoms with E-state index < -0.39 is 9.84 Å². The monoisotopic (exact) mass is 525 g/mol. The third-order valence-electron chi connectivity index (χ3n) is 6.49. The number of aromatic nitrogens is 5.